The summed E-state index contributed by atoms with van der Waals surface area (Å²) in [6, 6.07) is 3.88. The molecule has 3 heteroatoms. The maximum Gasteiger partial charge on any atom is 0.325 e. The highest BCUT2D eigenvalue weighted by Crippen LogP contribution is 2.05. The number of rotatable bonds is 2. The van der Waals surface area contributed by atoms with Crippen LogP contribution in [0.2, 0.25) is 0 Å². The molecule has 0 aliphatic heterocycles. The fourth-order valence-corrected chi connectivity index (χ4v) is 1.53. The van der Waals surface area contributed by atoms with Crippen LogP contribution in [0, 0.1) is 0 Å². The summed E-state index contributed by atoms with van der Waals surface area (Å²) in [6.07, 6.45) is 6.30. The predicted octanol–water partition coefficient (Wildman–Crippen LogP) is 1.58. The van der Waals surface area contributed by atoms with Gasteiger partial charge in [0.2, 0.25) is 0 Å². The number of aromatic nitrogens is 2. The quantitative estimate of drug-likeness (QED) is 0.434. The van der Waals surface area contributed by atoms with E-state index in [1.165, 1.54) is 5.56 Å². The van der Waals surface area contributed by atoms with Gasteiger partial charge in [0.15, 0.2) is 6.20 Å². The fourth-order valence-electron chi connectivity index (χ4n) is 1.53. The van der Waals surface area contributed by atoms with Crippen LogP contribution in [0.4, 0.5) is 0 Å². The molecule has 0 saturated carbocycles. The molecule has 0 aromatic carbocycles. The lowest BCUT2D eigenvalue weighted by Crippen LogP contribution is -2.19. The van der Waals surface area contributed by atoms with E-state index >= 15 is 0 Å². The van der Waals surface area contributed by atoms with Crippen molar-refractivity contribution in [3.8, 4) is 0 Å². The molecule has 0 unspecified atom stereocenters. The third-order valence-electron chi connectivity index (χ3n) is 2.13. The minimum atomic E-state index is 0.760. The summed E-state index contributed by atoms with van der Waals surface area (Å²) in [5.41, 5.74) is 3.09. The van der Waals surface area contributed by atoms with Crippen LogP contribution in [0.5, 0.6) is 0 Å². The molecule has 0 atom stereocenters. The molecule has 0 spiro atoms. The molecular weight excluding hydrogens is 176 g/mol. The summed E-state index contributed by atoms with van der Waals surface area (Å²) in [5, 5.41) is 9.36. The lowest BCUT2D eigenvalue weighted by atomic mass is 10.1. The molecule has 0 aliphatic carbocycles. The van der Waals surface area contributed by atoms with Gasteiger partial charge in [0.25, 0.3) is 0 Å². The van der Waals surface area contributed by atoms with Crippen molar-refractivity contribution in [1.82, 2.24) is 4.73 Å². The summed E-state index contributed by atoms with van der Waals surface area (Å²) in [7, 11) is 0. The third-order valence-corrected chi connectivity index (χ3v) is 2.13. The number of hydrogen-bond donors (Lipinski definition) is 1. The number of hydrogen-bond acceptors (Lipinski definition) is 1. The molecule has 14 heavy (non-hydrogen) atoms. The molecule has 2 heterocycles. The molecular formula is C11H13N2O+. The monoisotopic (exact) mass is 189 g/mol. The number of pyridine rings is 1. The van der Waals surface area contributed by atoms with Crippen LogP contribution in [-0.4, -0.2) is 9.94 Å². The van der Waals surface area contributed by atoms with Gasteiger partial charge < -0.3 is 5.21 Å². The zero-order valence-electron chi connectivity index (χ0n) is 8.14. The van der Waals surface area contributed by atoms with E-state index in [1.807, 2.05) is 35.9 Å². The molecule has 2 aromatic heterocycles. The Labute approximate surface area is 82.5 Å². The van der Waals surface area contributed by atoms with E-state index in [9.17, 15) is 5.21 Å². The molecule has 1 N–H and O–H groups in total. The Morgan fingerprint density at radius 1 is 1.57 bits per heavy atom. The Balaban J connectivity index is 2.46. The summed E-state index contributed by atoms with van der Waals surface area (Å²) in [4.78, 5) is 0. The smallest absolute Gasteiger partial charge is 0.325 e. The van der Waals surface area contributed by atoms with E-state index in [0.29, 0.717) is 0 Å². The van der Waals surface area contributed by atoms with Gasteiger partial charge in [-0.25, -0.2) is 0 Å². The first-order valence-electron chi connectivity index (χ1n) is 4.52. The van der Waals surface area contributed by atoms with E-state index in [2.05, 4.69) is 6.58 Å². The van der Waals surface area contributed by atoms with Gasteiger partial charge in [0.1, 0.15) is 6.20 Å². The Morgan fingerprint density at radius 2 is 2.36 bits per heavy atom. The lowest BCUT2D eigenvalue weighted by molar-refractivity contribution is -0.512. The van der Waals surface area contributed by atoms with Crippen molar-refractivity contribution in [2.24, 2.45) is 0 Å². The van der Waals surface area contributed by atoms with Gasteiger partial charge in [0.05, 0.1) is 6.20 Å². The molecule has 2 aromatic rings. The Kier molecular flexibility index (Phi) is 2.00. The van der Waals surface area contributed by atoms with Crippen LogP contribution in [-0.2, 0) is 6.42 Å². The first-order valence-corrected chi connectivity index (χ1v) is 4.52. The number of imidazole rings is 1. The number of allylic oxidation sites excluding steroid dienone is 1. The first-order chi connectivity index (χ1) is 6.66. The maximum atomic E-state index is 9.36. The minimum absolute atomic E-state index is 0.760. The van der Waals surface area contributed by atoms with Gasteiger partial charge in [-0.1, -0.05) is 12.2 Å². The molecule has 0 amide bonds. The largest absolute Gasteiger partial charge is 0.350 e. The van der Waals surface area contributed by atoms with Crippen molar-refractivity contribution < 1.29 is 9.61 Å². The topological polar surface area (TPSA) is 29.3 Å². The van der Waals surface area contributed by atoms with Gasteiger partial charge in [-0.05, 0) is 29.7 Å². The van der Waals surface area contributed by atoms with Gasteiger partial charge in [-0.2, -0.15) is 4.40 Å². The zero-order chi connectivity index (χ0) is 10.1. The number of nitrogens with zero attached hydrogens (tertiary/aromatic N) is 2. The van der Waals surface area contributed by atoms with Crippen molar-refractivity contribution >= 4 is 5.65 Å². The van der Waals surface area contributed by atoms with Crippen LogP contribution >= 0.6 is 0 Å². The molecule has 2 rings (SSSR count). The van der Waals surface area contributed by atoms with Crippen LogP contribution in [0.15, 0.2) is 42.9 Å². The van der Waals surface area contributed by atoms with Crippen molar-refractivity contribution in [2.45, 2.75) is 13.3 Å². The third kappa shape index (κ3) is 1.48. The fraction of sp³-hybridized carbons (Fsp3) is 0.182. The molecule has 0 saturated heterocycles. The summed E-state index contributed by atoms with van der Waals surface area (Å²) in [5.74, 6) is 0. The van der Waals surface area contributed by atoms with Crippen LogP contribution < -0.4 is 4.40 Å². The van der Waals surface area contributed by atoms with Crippen molar-refractivity contribution in [3.63, 3.8) is 0 Å². The average Bonchev–Trinajstić information content (AvgIpc) is 2.46. The van der Waals surface area contributed by atoms with Crippen LogP contribution in [0.3, 0.4) is 0 Å². The predicted molar refractivity (Wildman–Crippen MR) is 53.3 cm³/mol. The molecule has 0 fully saturated rings. The van der Waals surface area contributed by atoms with E-state index in [4.69, 9.17) is 0 Å². The zero-order valence-corrected chi connectivity index (χ0v) is 8.14. The summed E-state index contributed by atoms with van der Waals surface area (Å²) < 4.78 is 2.99. The van der Waals surface area contributed by atoms with E-state index < -0.39 is 0 Å². The van der Waals surface area contributed by atoms with Gasteiger partial charge in [-0.3, -0.25) is 0 Å². The highest BCUT2D eigenvalue weighted by atomic mass is 16.5. The van der Waals surface area contributed by atoms with Gasteiger partial charge in [-0.15, -0.1) is 0 Å². The van der Waals surface area contributed by atoms with Gasteiger partial charge in [0, 0.05) is 6.07 Å². The second-order valence-corrected chi connectivity index (χ2v) is 3.58. The summed E-state index contributed by atoms with van der Waals surface area (Å²) >= 11 is 0. The summed E-state index contributed by atoms with van der Waals surface area (Å²) in [6.45, 7) is 5.88. The minimum Gasteiger partial charge on any atom is -0.350 e. The van der Waals surface area contributed by atoms with Crippen LogP contribution in [0.25, 0.3) is 5.65 Å². The average molecular weight is 189 g/mol. The highest BCUT2D eigenvalue weighted by molar-refractivity contribution is 5.31. The number of fused-ring (bicyclic) bond motifs is 1. The highest BCUT2D eigenvalue weighted by Gasteiger charge is 2.08. The second kappa shape index (κ2) is 3.18. The normalized spacial score (nSPS) is 10.6. The molecule has 0 aliphatic rings. The van der Waals surface area contributed by atoms with Crippen LogP contribution in [0.1, 0.15) is 12.5 Å². The van der Waals surface area contributed by atoms with Crippen molar-refractivity contribution in [3.05, 3.63) is 48.4 Å². The molecule has 72 valence electrons. The maximum absolute atomic E-state index is 9.36. The van der Waals surface area contributed by atoms with E-state index in [-0.39, 0.29) is 0 Å². The van der Waals surface area contributed by atoms with E-state index in [1.54, 1.807) is 6.20 Å². The SMILES string of the molecule is C=C(C)Cc1ccc2n(O)cc[n+]2c1. The molecule has 0 radical (unpaired) electrons. The standard InChI is InChI=1S/C11H13N2O/c1-9(2)7-10-3-4-11-12(8-10)5-6-13(11)14/h3-6,8,14H,1,7H2,2H3/q+1. The Bertz CT molecular complexity index is 485. The first kappa shape index (κ1) is 8.81. The van der Waals surface area contributed by atoms with Crippen molar-refractivity contribution in [1.29, 1.82) is 0 Å². The second-order valence-electron chi connectivity index (χ2n) is 3.58. The molecule has 0 bridgehead atoms. The van der Waals surface area contributed by atoms with E-state index in [0.717, 1.165) is 22.4 Å². The Hall–Kier alpha value is -1.77. The van der Waals surface area contributed by atoms with Crippen molar-refractivity contribution in [2.75, 3.05) is 0 Å². The lowest BCUT2D eigenvalue weighted by Gasteiger charge is -1.97. The Morgan fingerprint density at radius 3 is 3.07 bits per heavy atom. The molecule has 3 nitrogen and oxygen atoms in total. The van der Waals surface area contributed by atoms with Gasteiger partial charge >= 0.3 is 5.65 Å².